The zero-order valence-electron chi connectivity index (χ0n) is 10.4. The minimum Gasteiger partial charge on any atom is -0.378 e. The Bertz CT molecular complexity index is 213. The van der Waals surface area contributed by atoms with E-state index in [-0.39, 0.29) is 5.91 Å². The van der Waals surface area contributed by atoms with Gasteiger partial charge in [0.15, 0.2) is 0 Å². The molecule has 2 N–H and O–H groups in total. The van der Waals surface area contributed by atoms with Crippen LogP contribution in [0, 0.1) is 11.8 Å². The van der Waals surface area contributed by atoms with Gasteiger partial charge >= 0.3 is 0 Å². The van der Waals surface area contributed by atoms with Crippen LogP contribution in [0.25, 0.3) is 0 Å². The van der Waals surface area contributed by atoms with E-state index in [1.54, 1.807) is 0 Å². The van der Waals surface area contributed by atoms with Gasteiger partial charge in [0.05, 0.1) is 13.2 Å². The molecular formula is C12H24N2O2. The molecule has 0 bridgehead atoms. The molecule has 0 radical (unpaired) electrons. The van der Waals surface area contributed by atoms with Crippen LogP contribution in [0.3, 0.4) is 0 Å². The summed E-state index contributed by atoms with van der Waals surface area (Å²) in [5, 5.41) is 0. The summed E-state index contributed by atoms with van der Waals surface area (Å²) < 4.78 is 5.23. The number of carbonyl (C=O) groups is 1. The lowest BCUT2D eigenvalue weighted by molar-refractivity contribution is -0.136. The van der Waals surface area contributed by atoms with Gasteiger partial charge in [0.25, 0.3) is 0 Å². The van der Waals surface area contributed by atoms with Gasteiger partial charge in [0.2, 0.25) is 5.91 Å². The Morgan fingerprint density at radius 3 is 2.50 bits per heavy atom. The molecule has 1 fully saturated rings. The third kappa shape index (κ3) is 4.49. The van der Waals surface area contributed by atoms with Crippen LogP contribution in [0.1, 0.15) is 26.7 Å². The van der Waals surface area contributed by atoms with Crippen molar-refractivity contribution in [2.75, 3.05) is 32.8 Å². The Labute approximate surface area is 98.1 Å². The van der Waals surface area contributed by atoms with E-state index >= 15 is 0 Å². The number of hydrogen-bond acceptors (Lipinski definition) is 3. The summed E-state index contributed by atoms with van der Waals surface area (Å²) >= 11 is 0. The van der Waals surface area contributed by atoms with E-state index in [0.29, 0.717) is 38.0 Å². The maximum atomic E-state index is 12.0. The highest BCUT2D eigenvalue weighted by molar-refractivity contribution is 5.76. The summed E-state index contributed by atoms with van der Waals surface area (Å²) in [7, 11) is 0. The van der Waals surface area contributed by atoms with Gasteiger partial charge in [0.1, 0.15) is 0 Å². The molecule has 1 saturated heterocycles. The fourth-order valence-corrected chi connectivity index (χ4v) is 2.12. The Morgan fingerprint density at radius 2 is 2.00 bits per heavy atom. The van der Waals surface area contributed by atoms with Crippen molar-refractivity contribution in [1.82, 2.24) is 4.90 Å². The fourth-order valence-electron chi connectivity index (χ4n) is 2.12. The van der Waals surface area contributed by atoms with Crippen LogP contribution in [0.5, 0.6) is 0 Å². The summed E-state index contributed by atoms with van der Waals surface area (Å²) in [5.74, 6) is 1.17. The fraction of sp³-hybridized carbons (Fsp3) is 0.917. The van der Waals surface area contributed by atoms with E-state index in [1.165, 1.54) is 0 Å². The molecule has 4 heteroatoms. The molecule has 0 aromatic rings. The van der Waals surface area contributed by atoms with Gasteiger partial charge in [-0.15, -0.1) is 0 Å². The van der Waals surface area contributed by atoms with Crippen molar-refractivity contribution >= 4 is 5.91 Å². The predicted octanol–water partition coefficient (Wildman–Crippen LogP) is 0.856. The second kappa shape index (κ2) is 6.86. The standard InChI is InChI=1S/C12H24N2O2/c1-10(2)7-11(9-13)8-12(15)14-3-5-16-6-4-14/h10-11H,3-9,13H2,1-2H3. The van der Waals surface area contributed by atoms with Crippen molar-refractivity contribution in [2.24, 2.45) is 17.6 Å². The monoisotopic (exact) mass is 228 g/mol. The number of morpholine rings is 1. The quantitative estimate of drug-likeness (QED) is 0.759. The maximum Gasteiger partial charge on any atom is 0.223 e. The molecule has 16 heavy (non-hydrogen) atoms. The number of ether oxygens (including phenoxy) is 1. The molecule has 1 aliphatic heterocycles. The summed E-state index contributed by atoms with van der Waals surface area (Å²) in [4.78, 5) is 13.9. The molecule has 1 amide bonds. The Balaban J connectivity index is 2.35. The summed E-state index contributed by atoms with van der Waals surface area (Å²) in [5.41, 5.74) is 5.70. The van der Waals surface area contributed by atoms with E-state index < -0.39 is 0 Å². The molecule has 0 aliphatic carbocycles. The second-order valence-corrected chi connectivity index (χ2v) is 4.93. The third-order valence-electron chi connectivity index (χ3n) is 2.97. The Morgan fingerprint density at radius 1 is 1.38 bits per heavy atom. The molecule has 1 unspecified atom stereocenters. The first-order valence-corrected chi connectivity index (χ1v) is 6.19. The molecule has 4 nitrogen and oxygen atoms in total. The molecule has 1 aliphatic rings. The minimum absolute atomic E-state index is 0.236. The highest BCUT2D eigenvalue weighted by atomic mass is 16.5. The average molecular weight is 228 g/mol. The first-order valence-electron chi connectivity index (χ1n) is 6.19. The van der Waals surface area contributed by atoms with Gasteiger partial charge < -0.3 is 15.4 Å². The van der Waals surface area contributed by atoms with Crippen molar-refractivity contribution in [2.45, 2.75) is 26.7 Å². The highest BCUT2D eigenvalue weighted by Crippen LogP contribution is 2.16. The molecule has 0 aromatic heterocycles. The van der Waals surface area contributed by atoms with Crippen LogP contribution in [0.15, 0.2) is 0 Å². The van der Waals surface area contributed by atoms with E-state index in [1.807, 2.05) is 4.90 Å². The summed E-state index contributed by atoms with van der Waals surface area (Å²) in [6, 6.07) is 0. The van der Waals surface area contributed by atoms with Gasteiger partial charge in [-0.3, -0.25) is 4.79 Å². The van der Waals surface area contributed by atoms with Crippen molar-refractivity contribution in [1.29, 1.82) is 0 Å². The van der Waals surface area contributed by atoms with Gasteiger partial charge in [-0.2, -0.15) is 0 Å². The molecule has 1 rings (SSSR count). The summed E-state index contributed by atoms with van der Waals surface area (Å²) in [6.45, 7) is 7.75. The van der Waals surface area contributed by atoms with Gasteiger partial charge in [-0.1, -0.05) is 13.8 Å². The maximum absolute atomic E-state index is 12.0. The van der Waals surface area contributed by atoms with Crippen LogP contribution in [0.4, 0.5) is 0 Å². The zero-order valence-corrected chi connectivity index (χ0v) is 10.4. The Kier molecular flexibility index (Phi) is 5.77. The van der Waals surface area contributed by atoms with Crippen molar-refractivity contribution in [3.05, 3.63) is 0 Å². The van der Waals surface area contributed by atoms with Crippen LogP contribution in [-0.2, 0) is 9.53 Å². The zero-order chi connectivity index (χ0) is 12.0. The minimum atomic E-state index is 0.236. The van der Waals surface area contributed by atoms with Gasteiger partial charge in [0, 0.05) is 19.5 Å². The number of hydrogen-bond donors (Lipinski definition) is 1. The number of rotatable bonds is 5. The molecule has 0 aromatic carbocycles. The Hall–Kier alpha value is -0.610. The number of amides is 1. The molecular weight excluding hydrogens is 204 g/mol. The second-order valence-electron chi connectivity index (χ2n) is 4.93. The van der Waals surface area contributed by atoms with Crippen LogP contribution < -0.4 is 5.73 Å². The molecule has 1 atom stereocenters. The molecule has 0 spiro atoms. The van der Waals surface area contributed by atoms with Crippen LogP contribution in [-0.4, -0.2) is 43.7 Å². The largest absolute Gasteiger partial charge is 0.378 e. The first kappa shape index (κ1) is 13.5. The predicted molar refractivity (Wildman–Crippen MR) is 64.0 cm³/mol. The van der Waals surface area contributed by atoms with E-state index in [0.717, 1.165) is 19.5 Å². The normalized spacial score (nSPS) is 18.9. The lowest BCUT2D eigenvalue weighted by Gasteiger charge is -2.28. The smallest absolute Gasteiger partial charge is 0.223 e. The summed E-state index contributed by atoms with van der Waals surface area (Å²) in [6.07, 6.45) is 1.63. The lowest BCUT2D eigenvalue weighted by Crippen LogP contribution is -2.41. The number of nitrogens with two attached hydrogens (primary N) is 1. The average Bonchev–Trinajstić information content (AvgIpc) is 2.28. The molecule has 1 heterocycles. The van der Waals surface area contributed by atoms with Crippen molar-refractivity contribution in [3.63, 3.8) is 0 Å². The third-order valence-corrected chi connectivity index (χ3v) is 2.97. The van der Waals surface area contributed by atoms with Crippen molar-refractivity contribution in [3.8, 4) is 0 Å². The van der Waals surface area contributed by atoms with Crippen LogP contribution in [0.2, 0.25) is 0 Å². The van der Waals surface area contributed by atoms with E-state index in [2.05, 4.69) is 13.8 Å². The lowest BCUT2D eigenvalue weighted by atomic mass is 9.94. The number of carbonyl (C=O) groups excluding carboxylic acids is 1. The number of nitrogens with zero attached hydrogens (tertiary/aromatic N) is 1. The van der Waals surface area contributed by atoms with Gasteiger partial charge in [-0.25, -0.2) is 0 Å². The van der Waals surface area contributed by atoms with E-state index in [9.17, 15) is 4.79 Å². The topological polar surface area (TPSA) is 55.6 Å². The van der Waals surface area contributed by atoms with Crippen molar-refractivity contribution < 1.29 is 9.53 Å². The highest BCUT2D eigenvalue weighted by Gasteiger charge is 2.20. The molecule has 0 saturated carbocycles. The molecule has 94 valence electrons. The van der Waals surface area contributed by atoms with Crippen LogP contribution >= 0.6 is 0 Å². The van der Waals surface area contributed by atoms with E-state index in [4.69, 9.17) is 10.5 Å². The van der Waals surface area contributed by atoms with Gasteiger partial charge in [-0.05, 0) is 24.8 Å². The SMILES string of the molecule is CC(C)CC(CN)CC(=O)N1CCOCC1. The first-order chi connectivity index (χ1) is 7.63.